The maximum absolute atomic E-state index is 11.7. The maximum atomic E-state index is 11.7. The summed E-state index contributed by atoms with van der Waals surface area (Å²) in [7, 11) is 0. The Morgan fingerprint density at radius 3 is 2.12 bits per heavy atom. The second kappa shape index (κ2) is 19.5. The zero-order chi connectivity index (χ0) is 18.6. The largest absolute Gasteiger partial charge is 0.463 e. The number of allylic oxidation sites excluding steroid dienone is 1. The van der Waals surface area contributed by atoms with Gasteiger partial charge in [0.15, 0.2) is 0 Å². The van der Waals surface area contributed by atoms with Crippen molar-refractivity contribution in [1.29, 1.82) is 0 Å². The minimum absolute atomic E-state index is 0.156. The molecule has 0 aromatic rings. The van der Waals surface area contributed by atoms with Gasteiger partial charge < -0.3 is 9.84 Å². The summed E-state index contributed by atoms with van der Waals surface area (Å²) < 4.78 is 5.17. The first-order chi connectivity index (χ1) is 12.2. The van der Waals surface area contributed by atoms with E-state index in [4.69, 9.17) is 4.74 Å². The van der Waals surface area contributed by atoms with Gasteiger partial charge in [-0.25, -0.2) is 0 Å². The fraction of sp³-hybridized carbons (Fsp3) is 0.864. The lowest BCUT2D eigenvalue weighted by Crippen LogP contribution is -2.18. The van der Waals surface area contributed by atoms with Crippen LogP contribution in [0.25, 0.3) is 0 Å². The van der Waals surface area contributed by atoms with Gasteiger partial charge in [0.1, 0.15) is 6.61 Å². The third kappa shape index (κ3) is 19.3. The monoisotopic (exact) mass is 354 g/mol. The van der Waals surface area contributed by atoms with Gasteiger partial charge in [0.2, 0.25) is 0 Å². The molecule has 0 saturated heterocycles. The lowest BCUT2D eigenvalue weighted by atomic mass is 10.1. The van der Waals surface area contributed by atoms with Gasteiger partial charge >= 0.3 is 5.97 Å². The van der Waals surface area contributed by atoms with E-state index in [0.29, 0.717) is 6.42 Å². The van der Waals surface area contributed by atoms with Crippen LogP contribution >= 0.6 is 0 Å². The van der Waals surface area contributed by atoms with Crippen LogP contribution in [0.15, 0.2) is 12.7 Å². The van der Waals surface area contributed by atoms with Gasteiger partial charge in [-0.3, -0.25) is 4.79 Å². The third-order valence-electron chi connectivity index (χ3n) is 4.62. The summed E-state index contributed by atoms with van der Waals surface area (Å²) in [6.07, 6.45) is 19.4. The van der Waals surface area contributed by atoms with Crippen LogP contribution in [0.5, 0.6) is 0 Å². The minimum atomic E-state index is -0.508. The summed E-state index contributed by atoms with van der Waals surface area (Å²) >= 11 is 0. The van der Waals surface area contributed by atoms with Crippen LogP contribution in [0.4, 0.5) is 0 Å². The van der Waals surface area contributed by atoms with Gasteiger partial charge in [-0.2, -0.15) is 0 Å². The number of carbonyl (C=O) groups is 1. The first-order valence-electron chi connectivity index (χ1n) is 10.6. The van der Waals surface area contributed by atoms with E-state index < -0.39 is 6.10 Å². The molecule has 0 aliphatic heterocycles. The number of rotatable bonds is 19. The van der Waals surface area contributed by atoms with Crippen molar-refractivity contribution in [3.8, 4) is 0 Å². The molecular weight excluding hydrogens is 312 g/mol. The highest BCUT2D eigenvalue weighted by atomic mass is 16.5. The predicted molar refractivity (Wildman–Crippen MR) is 107 cm³/mol. The van der Waals surface area contributed by atoms with Crippen molar-refractivity contribution >= 4 is 5.97 Å². The van der Waals surface area contributed by atoms with Crippen molar-refractivity contribution in [3.05, 3.63) is 12.7 Å². The van der Waals surface area contributed by atoms with Crippen LogP contribution < -0.4 is 0 Å². The molecule has 1 N–H and O–H groups in total. The fourth-order valence-electron chi connectivity index (χ4n) is 2.95. The number of hydrogen-bond acceptors (Lipinski definition) is 3. The summed E-state index contributed by atoms with van der Waals surface area (Å²) in [4.78, 5) is 11.7. The molecule has 0 heterocycles. The standard InChI is InChI=1S/C22H42O3/c1-3-5-7-9-11-12-13-15-17-19-22(24)25-20-21(23)18-16-14-10-8-6-4-2/h4,21,23H,2-3,5-20H2,1H3. The smallest absolute Gasteiger partial charge is 0.305 e. The van der Waals surface area contributed by atoms with Gasteiger partial charge in [-0.15, -0.1) is 6.58 Å². The summed E-state index contributed by atoms with van der Waals surface area (Å²) in [6.45, 7) is 6.10. The van der Waals surface area contributed by atoms with E-state index in [-0.39, 0.29) is 12.6 Å². The van der Waals surface area contributed by atoms with Gasteiger partial charge in [-0.1, -0.05) is 83.6 Å². The van der Waals surface area contributed by atoms with Crippen LogP contribution in [-0.4, -0.2) is 23.8 Å². The zero-order valence-corrected chi connectivity index (χ0v) is 16.6. The van der Waals surface area contributed by atoms with E-state index in [0.717, 1.165) is 38.5 Å². The Hall–Kier alpha value is -0.830. The van der Waals surface area contributed by atoms with Gasteiger partial charge in [0.25, 0.3) is 0 Å². The van der Waals surface area contributed by atoms with E-state index in [1.54, 1.807) is 0 Å². The van der Waals surface area contributed by atoms with Crippen molar-refractivity contribution in [3.63, 3.8) is 0 Å². The molecule has 0 saturated carbocycles. The molecule has 0 spiro atoms. The van der Waals surface area contributed by atoms with Crippen LogP contribution in [0.3, 0.4) is 0 Å². The SMILES string of the molecule is C=CCCCCCCC(O)COC(=O)CCCCCCCCCCC. The average molecular weight is 355 g/mol. The molecule has 1 atom stereocenters. The third-order valence-corrected chi connectivity index (χ3v) is 4.62. The topological polar surface area (TPSA) is 46.5 Å². The molecule has 148 valence electrons. The zero-order valence-electron chi connectivity index (χ0n) is 16.6. The van der Waals surface area contributed by atoms with Crippen LogP contribution in [0.2, 0.25) is 0 Å². The van der Waals surface area contributed by atoms with Crippen molar-refractivity contribution in [1.82, 2.24) is 0 Å². The summed E-state index contributed by atoms with van der Waals surface area (Å²) in [5.41, 5.74) is 0. The molecule has 25 heavy (non-hydrogen) atoms. The summed E-state index contributed by atoms with van der Waals surface area (Å²) in [5, 5.41) is 9.84. The van der Waals surface area contributed by atoms with Gasteiger partial charge in [-0.05, 0) is 25.7 Å². The quantitative estimate of drug-likeness (QED) is 0.167. The Kier molecular flexibility index (Phi) is 18.8. The lowest BCUT2D eigenvalue weighted by Gasteiger charge is -2.11. The van der Waals surface area contributed by atoms with E-state index in [1.165, 1.54) is 57.8 Å². The Balaban J connectivity index is 3.32. The Morgan fingerprint density at radius 2 is 1.48 bits per heavy atom. The van der Waals surface area contributed by atoms with Crippen LogP contribution in [0.1, 0.15) is 110 Å². The molecule has 0 radical (unpaired) electrons. The normalized spacial score (nSPS) is 12.1. The molecule has 0 fully saturated rings. The van der Waals surface area contributed by atoms with E-state index >= 15 is 0 Å². The van der Waals surface area contributed by atoms with Crippen LogP contribution in [-0.2, 0) is 9.53 Å². The Bertz CT molecular complexity index is 302. The van der Waals surface area contributed by atoms with Crippen molar-refractivity contribution < 1.29 is 14.6 Å². The minimum Gasteiger partial charge on any atom is -0.463 e. The maximum Gasteiger partial charge on any atom is 0.305 e. The molecule has 0 aromatic carbocycles. The molecule has 0 bridgehead atoms. The number of ether oxygens (including phenoxy) is 1. The highest BCUT2D eigenvalue weighted by Gasteiger charge is 2.08. The number of unbranched alkanes of at least 4 members (excludes halogenated alkanes) is 12. The molecule has 0 aliphatic carbocycles. The van der Waals surface area contributed by atoms with E-state index in [9.17, 15) is 9.90 Å². The Labute approximate surface area is 156 Å². The second-order valence-electron chi connectivity index (χ2n) is 7.20. The number of aliphatic hydroxyl groups excluding tert-OH is 1. The lowest BCUT2D eigenvalue weighted by molar-refractivity contribution is -0.146. The van der Waals surface area contributed by atoms with Crippen molar-refractivity contribution in [2.45, 2.75) is 116 Å². The molecule has 0 aliphatic rings. The molecule has 0 rings (SSSR count). The summed E-state index contributed by atoms with van der Waals surface area (Å²) in [6, 6.07) is 0. The van der Waals surface area contributed by atoms with Crippen molar-refractivity contribution in [2.24, 2.45) is 0 Å². The van der Waals surface area contributed by atoms with E-state index in [2.05, 4.69) is 13.5 Å². The molecular formula is C22H42O3. The van der Waals surface area contributed by atoms with Gasteiger partial charge in [0, 0.05) is 6.42 Å². The first-order valence-corrected chi connectivity index (χ1v) is 10.6. The number of hydrogen-bond donors (Lipinski definition) is 1. The molecule has 3 heteroatoms. The van der Waals surface area contributed by atoms with E-state index in [1.807, 2.05) is 6.08 Å². The van der Waals surface area contributed by atoms with Crippen molar-refractivity contribution in [2.75, 3.05) is 6.61 Å². The Morgan fingerprint density at radius 1 is 0.920 bits per heavy atom. The molecule has 1 unspecified atom stereocenters. The number of aliphatic hydroxyl groups is 1. The molecule has 0 amide bonds. The molecule has 3 nitrogen and oxygen atoms in total. The number of carbonyl (C=O) groups excluding carboxylic acids is 1. The highest BCUT2D eigenvalue weighted by Crippen LogP contribution is 2.11. The van der Waals surface area contributed by atoms with Crippen LogP contribution in [0, 0.1) is 0 Å². The first kappa shape index (κ1) is 24.2. The second-order valence-corrected chi connectivity index (χ2v) is 7.20. The number of esters is 1. The fourth-order valence-corrected chi connectivity index (χ4v) is 2.95. The average Bonchev–Trinajstić information content (AvgIpc) is 2.61. The summed E-state index contributed by atoms with van der Waals surface area (Å²) in [5.74, 6) is -0.159. The highest BCUT2D eigenvalue weighted by molar-refractivity contribution is 5.69. The van der Waals surface area contributed by atoms with Gasteiger partial charge in [0.05, 0.1) is 6.10 Å². The molecule has 0 aromatic heterocycles. The predicted octanol–water partition coefficient (Wildman–Crippen LogP) is 6.34.